The Morgan fingerprint density at radius 3 is 2.58 bits per heavy atom. The van der Waals surface area contributed by atoms with Gasteiger partial charge in [0.25, 0.3) is 0 Å². The van der Waals surface area contributed by atoms with Crippen LogP contribution in [0, 0.1) is 11.3 Å². The Morgan fingerprint density at radius 1 is 1.21 bits per heavy atom. The number of anilines is 1. The summed E-state index contributed by atoms with van der Waals surface area (Å²) < 4.78 is 5.05. The largest absolute Gasteiger partial charge is 0.504 e. The van der Waals surface area contributed by atoms with E-state index in [1.54, 1.807) is 18.2 Å². The van der Waals surface area contributed by atoms with Gasteiger partial charge < -0.3 is 15.2 Å². The van der Waals surface area contributed by atoms with Gasteiger partial charge in [0.05, 0.1) is 18.7 Å². The second kappa shape index (κ2) is 5.78. The molecule has 0 amide bonds. The predicted molar refractivity (Wildman–Crippen MR) is 73.1 cm³/mol. The summed E-state index contributed by atoms with van der Waals surface area (Å²) in [5, 5.41) is 21.8. The highest BCUT2D eigenvalue weighted by Crippen LogP contribution is 2.29. The SMILES string of the molecule is COc1cccc(CNc2ccc(C#N)cc2)c1O. The van der Waals surface area contributed by atoms with Gasteiger partial charge in [0, 0.05) is 17.8 Å². The zero-order valence-electron chi connectivity index (χ0n) is 10.6. The Kier molecular flexibility index (Phi) is 3.89. The van der Waals surface area contributed by atoms with Crippen molar-refractivity contribution in [2.24, 2.45) is 0 Å². The van der Waals surface area contributed by atoms with Gasteiger partial charge >= 0.3 is 0 Å². The third kappa shape index (κ3) is 2.96. The van der Waals surface area contributed by atoms with Gasteiger partial charge in [-0.25, -0.2) is 0 Å². The number of methoxy groups -OCH3 is 1. The summed E-state index contributed by atoms with van der Waals surface area (Å²) in [5.41, 5.74) is 2.26. The average molecular weight is 254 g/mol. The maximum Gasteiger partial charge on any atom is 0.162 e. The highest BCUT2D eigenvalue weighted by molar-refractivity contribution is 5.50. The average Bonchev–Trinajstić information content (AvgIpc) is 2.47. The van der Waals surface area contributed by atoms with Crippen molar-refractivity contribution in [2.45, 2.75) is 6.54 Å². The van der Waals surface area contributed by atoms with Crippen LogP contribution in [0.3, 0.4) is 0 Å². The Hall–Kier alpha value is -2.67. The smallest absolute Gasteiger partial charge is 0.162 e. The maximum atomic E-state index is 9.94. The number of benzene rings is 2. The molecule has 0 aliphatic carbocycles. The van der Waals surface area contributed by atoms with Gasteiger partial charge in [-0.2, -0.15) is 5.26 Å². The number of rotatable bonds is 4. The number of para-hydroxylation sites is 1. The molecular formula is C15H14N2O2. The summed E-state index contributed by atoms with van der Waals surface area (Å²) >= 11 is 0. The number of aromatic hydroxyl groups is 1. The Bertz CT molecular complexity index is 601. The van der Waals surface area contributed by atoms with Crippen LogP contribution in [0.1, 0.15) is 11.1 Å². The summed E-state index contributed by atoms with van der Waals surface area (Å²) in [6, 6.07) is 14.6. The second-order valence-corrected chi connectivity index (χ2v) is 4.01. The molecule has 0 bridgehead atoms. The van der Waals surface area contributed by atoms with E-state index in [0.717, 1.165) is 11.3 Å². The number of hydrogen-bond acceptors (Lipinski definition) is 4. The molecule has 0 aromatic heterocycles. The topological polar surface area (TPSA) is 65.3 Å². The second-order valence-electron chi connectivity index (χ2n) is 4.01. The molecule has 2 aromatic rings. The molecule has 0 radical (unpaired) electrons. The zero-order valence-corrected chi connectivity index (χ0v) is 10.6. The summed E-state index contributed by atoms with van der Waals surface area (Å²) in [7, 11) is 1.52. The van der Waals surface area contributed by atoms with E-state index in [-0.39, 0.29) is 5.75 Å². The highest BCUT2D eigenvalue weighted by atomic mass is 16.5. The van der Waals surface area contributed by atoms with Crippen molar-refractivity contribution in [1.29, 1.82) is 5.26 Å². The fourth-order valence-corrected chi connectivity index (χ4v) is 1.74. The predicted octanol–water partition coefficient (Wildman–Crippen LogP) is 2.88. The van der Waals surface area contributed by atoms with Crippen LogP contribution in [0.5, 0.6) is 11.5 Å². The third-order valence-corrected chi connectivity index (χ3v) is 2.80. The number of phenols is 1. The molecule has 19 heavy (non-hydrogen) atoms. The van der Waals surface area contributed by atoms with Gasteiger partial charge in [-0.3, -0.25) is 0 Å². The van der Waals surface area contributed by atoms with Gasteiger partial charge in [0.1, 0.15) is 0 Å². The zero-order chi connectivity index (χ0) is 13.7. The van der Waals surface area contributed by atoms with Gasteiger partial charge in [0.15, 0.2) is 11.5 Å². The van der Waals surface area contributed by atoms with Crippen LogP contribution in [0.25, 0.3) is 0 Å². The number of nitrogens with zero attached hydrogens (tertiary/aromatic N) is 1. The van der Waals surface area contributed by atoms with Crippen LogP contribution < -0.4 is 10.1 Å². The molecule has 0 aliphatic rings. The highest BCUT2D eigenvalue weighted by Gasteiger charge is 2.06. The molecule has 0 saturated carbocycles. The molecule has 0 atom stereocenters. The van der Waals surface area contributed by atoms with Crippen molar-refractivity contribution in [3.05, 3.63) is 53.6 Å². The van der Waals surface area contributed by atoms with Crippen molar-refractivity contribution in [3.63, 3.8) is 0 Å². The van der Waals surface area contributed by atoms with E-state index in [2.05, 4.69) is 11.4 Å². The molecule has 0 unspecified atom stereocenters. The van der Waals surface area contributed by atoms with E-state index in [1.807, 2.05) is 24.3 Å². The van der Waals surface area contributed by atoms with E-state index < -0.39 is 0 Å². The Balaban J connectivity index is 2.08. The molecule has 2 aromatic carbocycles. The first kappa shape index (κ1) is 12.8. The summed E-state index contributed by atoms with van der Waals surface area (Å²) in [5.74, 6) is 0.602. The molecular weight excluding hydrogens is 240 g/mol. The molecule has 0 saturated heterocycles. The standard InChI is InChI=1S/C15H14N2O2/c1-19-14-4-2-3-12(15(14)18)10-17-13-7-5-11(9-16)6-8-13/h2-8,17-18H,10H2,1H3. The molecule has 2 rings (SSSR count). The molecule has 0 fully saturated rings. The number of phenolic OH excluding ortho intramolecular Hbond substituents is 1. The van der Waals surface area contributed by atoms with E-state index in [1.165, 1.54) is 7.11 Å². The van der Waals surface area contributed by atoms with Gasteiger partial charge in [0.2, 0.25) is 0 Å². The minimum Gasteiger partial charge on any atom is -0.504 e. The minimum atomic E-state index is 0.145. The third-order valence-electron chi connectivity index (χ3n) is 2.80. The first-order valence-corrected chi connectivity index (χ1v) is 5.83. The minimum absolute atomic E-state index is 0.145. The lowest BCUT2D eigenvalue weighted by Gasteiger charge is -2.10. The van der Waals surface area contributed by atoms with Crippen LogP contribution in [-0.2, 0) is 6.54 Å². The lowest BCUT2D eigenvalue weighted by molar-refractivity contribution is 0.371. The Labute approximate surface area is 111 Å². The van der Waals surface area contributed by atoms with Crippen molar-refractivity contribution in [3.8, 4) is 17.6 Å². The molecule has 96 valence electrons. The van der Waals surface area contributed by atoms with Gasteiger partial charge in [-0.15, -0.1) is 0 Å². The van der Waals surface area contributed by atoms with Crippen LogP contribution in [0.15, 0.2) is 42.5 Å². The maximum absolute atomic E-state index is 9.94. The first-order chi connectivity index (χ1) is 9.24. The van der Waals surface area contributed by atoms with Crippen molar-refractivity contribution >= 4 is 5.69 Å². The summed E-state index contributed by atoms with van der Waals surface area (Å²) in [4.78, 5) is 0. The molecule has 0 heterocycles. The quantitative estimate of drug-likeness (QED) is 0.880. The fourth-order valence-electron chi connectivity index (χ4n) is 1.74. The number of ether oxygens (including phenoxy) is 1. The molecule has 0 spiro atoms. The normalized spacial score (nSPS) is 9.68. The molecule has 4 nitrogen and oxygen atoms in total. The first-order valence-electron chi connectivity index (χ1n) is 5.83. The lowest BCUT2D eigenvalue weighted by atomic mass is 10.1. The lowest BCUT2D eigenvalue weighted by Crippen LogP contribution is -2.00. The van der Waals surface area contributed by atoms with E-state index in [0.29, 0.717) is 17.9 Å². The van der Waals surface area contributed by atoms with Crippen molar-refractivity contribution in [1.82, 2.24) is 0 Å². The van der Waals surface area contributed by atoms with Crippen molar-refractivity contribution in [2.75, 3.05) is 12.4 Å². The summed E-state index contributed by atoms with van der Waals surface area (Å²) in [6.07, 6.45) is 0. The Morgan fingerprint density at radius 2 is 1.95 bits per heavy atom. The number of nitrogens with one attached hydrogen (secondary N) is 1. The van der Waals surface area contributed by atoms with Crippen LogP contribution in [0.4, 0.5) is 5.69 Å². The van der Waals surface area contributed by atoms with E-state index in [4.69, 9.17) is 10.00 Å². The molecule has 0 aliphatic heterocycles. The van der Waals surface area contributed by atoms with Crippen molar-refractivity contribution < 1.29 is 9.84 Å². The summed E-state index contributed by atoms with van der Waals surface area (Å²) in [6.45, 7) is 0.481. The fraction of sp³-hybridized carbons (Fsp3) is 0.133. The van der Waals surface area contributed by atoms with E-state index in [9.17, 15) is 5.11 Å². The van der Waals surface area contributed by atoms with Gasteiger partial charge in [-0.05, 0) is 30.3 Å². The van der Waals surface area contributed by atoms with Gasteiger partial charge in [-0.1, -0.05) is 12.1 Å². The van der Waals surface area contributed by atoms with Crippen LogP contribution in [-0.4, -0.2) is 12.2 Å². The van der Waals surface area contributed by atoms with Crippen LogP contribution >= 0.6 is 0 Å². The van der Waals surface area contributed by atoms with Crippen LogP contribution in [0.2, 0.25) is 0 Å². The monoisotopic (exact) mass is 254 g/mol. The number of hydrogen-bond donors (Lipinski definition) is 2. The number of nitriles is 1. The molecule has 4 heteroatoms. The van der Waals surface area contributed by atoms with E-state index >= 15 is 0 Å². The molecule has 2 N–H and O–H groups in total.